The monoisotopic (exact) mass is 411 g/mol. The average Bonchev–Trinajstić information content (AvgIpc) is 3.28. The van der Waals surface area contributed by atoms with E-state index >= 15 is 0 Å². The average molecular weight is 412 g/mol. The van der Waals surface area contributed by atoms with Gasteiger partial charge < -0.3 is 14.3 Å². The van der Waals surface area contributed by atoms with Crippen LogP contribution in [0.5, 0.6) is 0 Å². The smallest absolute Gasteiger partial charge is 0.384 e. The van der Waals surface area contributed by atoms with Gasteiger partial charge in [-0.25, -0.2) is 24.8 Å². The normalized spacial score (nSPS) is 23.4. The SMILES string of the molecule is CC1CCC(Cn2cnc3nc(-c4n[nH]c(=O)o4)nc(NC(C)C4CCC4)c32)CC1. The molecule has 0 radical (unpaired) electrons. The van der Waals surface area contributed by atoms with Gasteiger partial charge in [-0.2, -0.15) is 0 Å². The molecule has 9 nitrogen and oxygen atoms in total. The Bertz CT molecular complexity index is 1070. The minimum absolute atomic E-state index is 0.0806. The molecule has 2 saturated carbocycles. The zero-order valence-corrected chi connectivity index (χ0v) is 17.6. The maximum atomic E-state index is 11.4. The van der Waals surface area contributed by atoms with Crippen LogP contribution in [0.1, 0.15) is 58.8 Å². The van der Waals surface area contributed by atoms with Gasteiger partial charge in [-0.1, -0.05) is 26.2 Å². The van der Waals surface area contributed by atoms with Crippen molar-refractivity contribution in [2.24, 2.45) is 17.8 Å². The van der Waals surface area contributed by atoms with E-state index in [0.717, 1.165) is 23.8 Å². The lowest BCUT2D eigenvalue weighted by atomic mass is 9.80. The number of nitrogens with zero attached hydrogens (tertiary/aromatic N) is 5. The zero-order chi connectivity index (χ0) is 20.7. The van der Waals surface area contributed by atoms with E-state index in [2.05, 4.69) is 43.9 Å². The molecule has 1 unspecified atom stereocenters. The van der Waals surface area contributed by atoms with Crippen molar-refractivity contribution in [3.63, 3.8) is 0 Å². The van der Waals surface area contributed by atoms with E-state index in [-0.39, 0.29) is 11.7 Å². The number of nitrogens with one attached hydrogen (secondary N) is 2. The molecule has 0 spiro atoms. The molecule has 30 heavy (non-hydrogen) atoms. The van der Waals surface area contributed by atoms with Crippen molar-refractivity contribution in [2.75, 3.05) is 5.32 Å². The molecule has 9 heteroatoms. The van der Waals surface area contributed by atoms with Gasteiger partial charge in [-0.05, 0) is 50.4 Å². The lowest BCUT2D eigenvalue weighted by Crippen LogP contribution is -2.31. The quantitative estimate of drug-likeness (QED) is 0.637. The second-order valence-corrected chi connectivity index (χ2v) is 9.13. The predicted octanol–water partition coefficient (Wildman–Crippen LogP) is 3.60. The Balaban J connectivity index is 1.51. The molecule has 0 saturated heterocycles. The molecule has 0 aromatic carbocycles. The summed E-state index contributed by atoms with van der Waals surface area (Å²) in [6, 6.07) is 0.301. The van der Waals surface area contributed by atoms with Crippen LogP contribution in [0.25, 0.3) is 22.9 Å². The highest BCUT2D eigenvalue weighted by Gasteiger charge is 2.27. The van der Waals surface area contributed by atoms with Crippen LogP contribution >= 0.6 is 0 Å². The van der Waals surface area contributed by atoms with Crippen molar-refractivity contribution in [1.82, 2.24) is 29.7 Å². The van der Waals surface area contributed by atoms with Crippen molar-refractivity contribution in [2.45, 2.75) is 71.4 Å². The molecular weight excluding hydrogens is 382 g/mol. The minimum Gasteiger partial charge on any atom is -0.384 e. The molecule has 2 aliphatic carbocycles. The predicted molar refractivity (Wildman–Crippen MR) is 113 cm³/mol. The van der Waals surface area contributed by atoms with Gasteiger partial charge >= 0.3 is 5.76 Å². The van der Waals surface area contributed by atoms with Gasteiger partial charge in [0.1, 0.15) is 5.52 Å². The van der Waals surface area contributed by atoms with Gasteiger partial charge in [0.25, 0.3) is 5.89 Å². The molecule has 3 aromatic rings. The van der Waals surface area contributed by atoms with Crippen LogP contribution < -0.4 is 11.1 Å². The van der Waals surface area contributed by atoms with Crippen LogP contribution in [0.4, 0.5) is 5.82 Å². The molecule has 2 fully saturated rings. The van der Waals surface area contributed by atoms with Gasteiger partial charge in [-0.15, -0.1) is 5.10 Å². The van der Waals surface area contributed by atoms with E-state index in [0.29, 0.717) is 23.5 Å². The third kappa shape index (κ3) is 3.73. The van der Waals surface area contributed by atoms with E-state index in [1.807, 2.05) is 6.33 Å². The number of hydrogen-bond acceptors (Lipinski definition) is 7. The topological polar surface area (TPSA) is 115 Å². The second-order valence-electron chi connectivity index (χ2n) is 9.13. The molecule has 0 amide bonds. The van der Waals surface area contributed by atoms with E-state index in [4.69, 9.17) is 9.40 Å². The van der Waals surface area contributed by atoms with Gasteiger partial charge in [0.15, 0.2) is 11.5 Å². The van der Waals surface area contributed by atoms with Crippen LogP contribution in [0.15, 0.2) is 15.5 Å². The number of aromatic nitrogens is 6. The van der Waals surface area contributed by atoms with Crippen molar-refractivity contribution < 1.29 is 4.42 Å². The number of imidazole rings is 1. The summed E-state index contributed by atoms with van der Waals surface area (Å²) in [5, 5.41) is 9.77. The van der Waals surface area contributed by atoms with E-state index < -0.39 is 5.76 Å². The van der Waals surface area contributed by atoms with Crippen LogP contribution in [-0.2, 0) is 6.54 Å². The Morgan fingerprint density at radius 2 is 2.03 bits per heavy atom. The molecule has 2 N–H and O–H groups in total. The Kier molecular flexibility index (Phi) is 5.04. The number of fused-ring (bicyclic) bond motifs is 1. The Morgan fingerprint density at radius 3 is 2.70 bits per heavy atom. The fraction of sp³-hybridized carbons (Fsp3) is 0.667. The summed E-state index contributed by atoms with van der Waals surface area (Å²) >= 11 is 0. The van der Waals surface area contributed by atoms with Crippen molar-refractivity contribution in [3.05, 3.63) is 16.9 Å². The number of rotatable bonds is 6. The summed E-state index contributed by atoms with van der Waals surface area (Å²) in [7, 11) is 0. The highest BCUT2D eigenvalue weighted by molar-refractivity contribution is 5.85. The summed E-state index contributed by atoms with van der Waals surface area (Å²) < 4.78 is 7.28. The fourth-order valence-electron chi connectivity index (χ4n) is 4.70. The van der Waals surface area contributed by atoms with Crippen LogP contribution in [0.3, 0.4) is 0 Å². The van der Waals surface area contributed by atoms with Gasteiger partial charge in [0, 0.05) is 12.6 Å². The van der Waals surface area contributed by atoms with Crippen LogP contribution in [-0.4, -0.2) is 35.8 Å². The molecule has 5 rings (SSSR count). The van der Waals surface area contributed by atoms with Crippen LogP contribution in [0.2, 0.25) is 0 Å². The largest absolute Gasteiger partial charge is 0.434 e. The van der Waals surface area contributed by atoms with Crippen molar-refractivity contribution in [1.29, 1.82) is 0 Å². The van der Waals surface area contributed by atoms with Crippen molar-refractivity contribution >= 4 is 17.0 Å². The highest BCUT2D eigenvalue weighted by Crippen LogP contribution is 2.34. The third-order valence-corrected chi connectivity index (χ3v) is 6.91. The number of H-pyrrole nitrogens is 1. The van der Waals surface area contributed by atoms with Crippen molar-refractivity contribution in [3.8, 4) is 11.7 Å². The molecular formula is C21H29N7O2. The lowest BCUT2D eigenvalue weighted by molar-refractivity contribution is 0.266. The minimum atomic E-state index is -0.622. The molecule has 3 aromatic heterocycles. The lowest BCUT2D eigenvalue weighted by Gasteiger charge is -2.32. The first kappa shape index (κ1) is 19.3. The summed E-state index contributed by atoms with van der Waals surface area (Å²) in [5.74, 6) is 2.59. The maximum Gasteiger partial charge on any atom is 0.434 e. The Hall–Kier alpha value is -2.71. The zero-order valence-electron chi connectivity index (χ0n) is 17.6. The summed E-state index contributed by atoms with van der Waals surface area (Å²) in [6.45, 7) is 5.47. The van der Waals surface area contributed by atoms with E-state index in [1.165, 1.54) is 44.9 Å². The standard InChI is InChI=1S/C21H29N7O2/c1-12-6-8-14(9-7-12)10-28-11-22-17-16(28)18(23-13(2)15-4-3-5-15)25-19(24-17)20-26-27-21(29)30-20/h11-15H,3-10H2,1-2H3,(H,27,29)(H,23,24,25). The summed E-state index contributed by atoms with van der Waals surface area (Å²) in [6.07, 6.45) is 10.7. The molecule has 0 aliphatic heterocycles. The fourth-order valence-corrected chi connectivity index (χ4v) is 4.70. The van der Waals surface area contributed by atoms with Gasteiger partial charge in [-0.3, -0.25) is 0 Å². The van der Waals surface area contributed by atoms with E-state index in [1.54, 1.807) is 0 Å². The second kappa shape index (κ2) is 7.85. The maximum absolute atomic E-state index is 11.4. The molecule has 160 valence electrons. The molecule has 3 heterocycles. The van der Waals surface area contributed by atoms with E-state index in [9.17, 15) is 4.79 Å². The first-order chi connectivity index (χ1) is 14.6. The number of anilines is 1. The summed E-state index contributed by atoms with van der Waals surface area (Å²) in [4.78, 5) is 25.2. The van der Waals surface area contributed by atoms with Gasteiger partial charge in [0.2, 0.25) is 5.82 Å². The Morgan fingerprint density at radius 1 is 1.23 bits per heavy atom. The first-order valence-electron chi connectivity index (χ1n) is 11.1. The summed E-state index contributed by atoms with van der Waals surface area (Å²) in [5.41, 5.74) is 1.51. The number of hydrogen-bond donors (Lipinski definition) is 2. The first-order valence-corrected chi connectivity index (χ1v) is 11.1. The van der Waals surface area contributed by atoms with Gasteiger partial charge in [0.05, 0.1) is 6.33 Å². The van der Waals surface area contributed by atoms with Crippen LogP contribution in [0, 0.1) is 17.8 Å². The molecule has 2 aliphatic rings. The third-order valence-electron chi connectivity index (χ3n) is 6.91. The number of aromatic amines is 1. The molecule has 1 atom stereocenters. The highest BCUT2D eigenvalue weighted by atomic mass is 16.4. The Labute approximate surface area is 174 Å². The molecule has 0 bridgehead atoms.